The van der Waals surface area contributed by atoms with Gasteiger partial charge in [0, 0.05) is 25.1 Å². The molecule has 0 radical (unpaired) electrons. The normalized spacial score (nSPS) is 27.0. The van der Waals surface area contributed by atoms with Crippen LogP contribution in [-0.2, 0) is 4.74 Å². The van der Waals surface area contributed by atoms with Crippen LogP contribution in [0.1, 0.15) is 51.1 Å². The van der Waals surface area contributed by atoms with Crippen molar-refractivity contribution in [2.24, 2.45) is 10.4 Å². The molecule has 3 unspecified atom stereocenters. The van der Waals surface area contributed by atoms with Gasteiger partial charge in [0.1, 0.15) is 0 Å². The summed E-state index contributed by atoms with van der Waals surface area (Å²) in [5.74, 6) is 0.896. The van der Waals surface area contributed by atoms with Crippen LogP contribution in [-0.4, -0.2) is 31.8 Å². The summed E-state index contributed by atoms with van der Waals surface area (Å²) in [5.41, 5.74) is 1.62. The lowest BCUT2D eigenvalue weighted by Gasteiger charge is -2.61. The van der Waals surface area contributed by atoms with E-state index in [1.807, 2.05) is 13.1 Å². The van der Waals surface area contributed by atoms with E-state index in [-0.39, 0.29) is 6.04 Å². The Bertz CT molecular complexity index is 539. The second-order valence-corrected chi connectivity index (χ2v) is 6.81. The molecule has 1 spiro atoms. The molecule has 4 nitrogen and oxygen atoms in total. The Morgan fingerprint density at radius 1 is 1.35 bits per heavy atom. The molecule has 3 atom stereocenters. The lowest BCUT2D eigenvalue weighted by molar-refractivity contribution is -0.168. The minimum Gasteiger partial charge on any atom is -0.378 e. The average molecular weight is 315 g/mol. The number of rotatable bonds is 5. The summed E-state index contributed by atoms with van der Waals surface area (Å²) in [6, 6.07) is 11.2. The van der Waals surface area contributed by atoms with E-state index in [9.17, 15) is 0 Å². The number of hydrogen-bond donors (Lipinski definition) is 2. The zero-order valence-electron chi connectivity index (χ0n) is 14.5. The lowest BCUT2D eigenvalue weighted by Crippen LogP contribution is -2.68. The monoisotopic (exact) mass is 315 g/mol. The number of nitrogens with zero attached hydrogens (tertiary/aromatic N) is 1. The van der Waals surface area contributed by atoms with Crippen LogP contribution in [0.4, 0.5) is 0 Å². The fourth-order valence-electron chi connectivity index (χ4n) is 4.01. The van der Waals surface area contributed by atoms with E-state index in [0.717, 1.165) is 19.0 Å². The highest BCUT2D eigenvalue weighted by Crippen LogP contribution is 2.57. The van der Waals surface area contributed by atoms with Gasteiger partial charge in [0.05, 0.1) is 12.1 Å². The number of nitrogens with one attached hydrogen (secondary N) is 2. The minimum atomic E-state index is 0.238. The fraction of sp³-hybridized carbons (Fsp3) is 0.632. The molecule has 1 aromatic carbocycles. The van der Waals surface area contributed by atoms with E-state index in [2.05, 4.69) is 53.7 Å². The van der Waals surface area contributed by atoms with E-state index in [1.54, 1.807) is 0 Å². The first-order valence-electron chi connectivity index (χ1n) is 8.86. The van der Waals surface area contributed by atoms with Crippen molar-refractivity contribution in [3.8, 4) is 0 Å². The molecule has 2 aliphatic carbocycles. The zero-order valence-corrected chi connectivity index (χ0v) is 14.5. The molecule has 0 saturated heterocycles. The molecular weight excluding hydrogens is 286 g/mol. The molecule has 3 rings (SSSR count). The van der Waals surface area contributed by atoms with Crippen LogP contribution in [0.3, 0.4) is 0 Å². The Labute approximate surface area is 139 Å². The maximum absolute atomic E-state index is 5.93. The highest BCUT2D eigenvalue weighted by molar-refractivity contribution is 5.80. The molecule has 23 heavy (non-hydrogen) atoms. The molecule has 2 N–H and O–H groups in total. The van der Waals surface area contributed by atoms with Crippen LogP contribution < -0.4 is 10.6 Å². The minimum absolute atomic E-state index is 0.238. The van der Waals surface area contributed by atoms with E-state index in [1.165, 1.54) is 24.8 Å². The molecule has 0 amide bonds. The summed E-state index contributed by atoms with van der Waals surface area (Å²) < 4.78 is 5.93. The van der Waals surface area contributed by atoms with Crippen LogP contribution in [0.2, 0.25) is 0 Å². The molecule has 1 aromatic rings. The number of guanidine groups is 1. The summed E-state index contributed by atoms with van der Waals surface area (Å²) in [4.78, 5) is 4.42. The van der Waals surface area contributed by atoms with Crippen molar-refractivity contribution in [1.82, 2.24) is 10.6 Å². The van der Waals surface area contributed by atoms with Gasteiger partial charge in [-0.05, 0) is 38.7 Å². The van der Waals surface area contributed by atoms with Crippen LogP contribution in [0, 0.1) is 5.41 Å². The van der Waals surface area contributed by atoms with Crippen LogP contribution in [0.25, 0.3) is 0 Å². The van der Waals surface area contributed by atoms with Gasteiger partial charge < -0.3 is 15.4 Å². The van der Waals surface area contributed by atoms with Gasteiger partial charge in [0.15, 0.2) is 5.96 Å². The Balaban J connectivity index is 1.58. The molecule has 0 aliphatic heterocycles. The maximum atomic E-state index is 5.93. The molecule has 2 saturated carbocycles. The second-order valence-electron chi connectivity index (χ2n) is 6.81. The largest absolute Gasteiger partial charge is 0.378 e. The Morgan fingerprint density at radius 3 is 2.65 bits per heavy atom. The van der Waals surface area contributed by atoms with Gasteiger partial charge in [0.25, 0.3) is 0 Å². The SMILES string of the molecule is CCOC1CC(NC(=NC)NC(C)c2ccccc2)C12CCC2. The van der Waals surface area contributed by atoms with Gasteiger partial charge in [-0.3, -0.25) is 4.99 Å². The molecule has 126 valence electrons. The van der Waals surface area contributed by atoms with Crippen molar-refractivity contribution >= 4 is 5.96 Å². The third-order valence-electron chi connectivity index (χ3n) is 5.62. The van der Waals surface area contributed by atoms with Gasteiger partial charge in [-0.25, -0.2) is 0 Å². The number of benzene rings is 1. The standard InChI is InChI=1S/C19H29N3O/c1-4-23-17-13-16(19(17)11-8-12-19)22-18(20-3)21-14(2)15-9-6-5-7-10-15/h5-7,9-10,14,16-17H,4,8,11-13H2,1-3H3,(H2,20,21,22). The molecule has 0 aromatic heterocycles. The first-order valence-corrected chi connectivity index (χ1v) is 8.86. The van der Waals surface area contributed by atoms with E-state index in [4.69, 9.17) is 4.74 Å². The first kappa shape index (κ1) is 16.3. The Kier molecular flexibility index (Phi) is 4.90. The summed E-state index contributed by atoms with van der Waals surface area (Å²) in [6.07, 6.45) is 5.41. The average Bonchev–Trinajstić information content (AvgIpc) is 2.51. The smallest absolute Gasteiger partial charge is 0.191 e. The number of aliphatic imine (C=N–C) groups is 1. The topological polar surface area (TPSA) is 45.6 Å². The Morgan fingerprint density at radius 2 is 2.09 bits per heavy atom. The molecular formula is C19H29N3O. The van der Waals surface area contributed by atoms with Crippen molar-refractivity contribution in [1.29, 1.82) is 0 Å². The van der Waals surface area contributed by atoms with Crippen molar-refractivity contribution in [2.75, 3.05) is 13.7 Å². The first-order chi connectivity index (χ1) is 11.2. The van der Waals surface area contributed by atoms with Gasteiger partial charge in [0.2, 0.25) is 0 Å². The molecule has 0 heterocycles. The van der Waals surface area contributed by atoms with E-state index < -0.39 is 0 Å². The van der Waals surface area contributed by atoms with Crippen LogP contribution in [0.15, 0.2) is 35.3 Å². The second kappa shape index (κ2) is 6.91. The number of hydrogen-bond acceptors (Lipinski definition) is 2. The van der Waals surface area contributed by atoms with Crippen molar-refractivity contribution < 1.29 is 4.74 Å². The zero-order chi connectivity index (χ0) is 16.3. The van der Waals surface area contributed by atoms with Gasteiger partial charge in [-0.15, -0.1) is 0 Å². The summed E-state index contributed by atoms with van der Waals surface area (Å²) >= 11 is 0. The van der Waals surface area contributed by atoms with Gasteiger partial charge in [-0.1, -0.05) is 36.8 Å². The highest BCUT2D eigenvalue weighted by atomic mass is 16.5. The molecule has 2 aliphatic rings. The van der Waals surface area contributed by atoms with E-state index >= 15 is 0 Å². The predicted octanol–water partition coefficient (Wildman–Crippen LogP) is 3.26. The third kappa shape index (κ3) is 3.09. The van der Waals surface area contributed by atoms with Crippen LogP contribution >= 0.6 is 0 Å². The molecule has 2 fully saturated rings. The fourth-order valence-corrected chi connectivity index (χ4v) is 4.01. The summed E-state index contributed by atoms with van der Waals surface area (Å²) in [6.45, 7) is 5.08. The Hall–Kier alpha value is -1.55. The van der Waals surface area contributed by atoms with E-state index in [0.29, 0.717) is 17.6 Å². The van der Waals surface area contributed by atoms with Gasteiger partial charge >= 0.3 is 0 Å². The number of ether oxygens (including phenoxy) is 1. The summed E-state index contributed by atoms with van der Waals surface area (Å²) in [7, 11) is 1.85. The quantitative estimate of drug-likeness (QED) is 0.647. The predicted molar refractivity (Wildman–Crippen MR) is 94.6 cm³/mol. The highest BCUT2D eigenvalue weighted by Gasteiger charge is 2.59. The van der Waals surface area contributed by atoms with Crippen LogP contribution in [0.5, 0.6) is 0 Å². The maximum Gasteiger partial charge on any atom is 0.191 e. The van der Waals surface area contributed by atoms with Crippen molar-refractivity contribution in [3.63, 3.8) is 0 Å². The lowest BCUT2D eigenvalue weighted by atomic mass is 9.51. The van der Waals surface area contributed by atoms with Crippen molar-refractivity contribution in [3.05, 3.63) is 35.9 Å². The summed E-state index contributed by atoms with van der Waals surface area (Å²) in [5, 5.41) is 7.16. The van der Waals surface area contributed by atoms with Gasteiger partial charge in [-0.2, -0.15) is 0 Å². The molecule has 0 bridgehead atoms. The van der Waals surface area contributed by atoms with Crippen molar-refractivity contribution in [2.45, 2.75) is 57.7 Å². The molecule has 4 heteroatoms. The third-order valence-corrected chi connectivity index (χ3v) is 5.62.